The summed E-state index contributed by atoms with van der Waals surface area (Å²) in [5, 5.41) is 7.76. The molecule has 1 amide bonds. The molecule has 7 nitrogen and oxygen atoms in total. The molecule has 3 rings (SSSR count). The van der Waals surface area contributed by atoms with Gasteiger partial charge in [-0.3, -0.25) is 18.7 Å². The minimum absolute atomic E-state index is 0.0309. The van der Waals surface area contributed by atoms with Crippen LogP contribution in [0.4, 0.5) is 0 Å². The number of aryl methyl sites for hydroxylation is 2. The summed E-state index contributed by atoms with van der Waals surface area (Å²) in [7, 11) is 2.86. The predicted molar refractivity (Wildman–Crippen MR) is 107 cm³/mol. The van der Waals surface area contributed by atoms with Gasteiger partial charge in [-0.15, -0.1) is 11.3 Å². The third-order valence-electron chi connectivity index (χ3n) is 4.43. The summed E-state index contributed by atoms with van der Waals surface area (Å²) in [6, 6.07) is 2.84. The van der Waals surface area contributed by atoms with Crippen molar-refractivity contribution in [3.05, 3.63) is 70.6 Å². The molecule has 142 valence electrons. The summed E-state index contributed by atoms with van der Waals surface area (Å²) in [6.45, 7) is 3.92. The Labute approximate surface area is 163 Å². The summed E-state index contributed by atoms with van der Waals surface area (Å²) in [5.74, 6) is -0.474. The van der Waals surface area contributed by atoms with Crippen LogP contribution in [0.1, 0.15) is 37.7 Å². The Balaban J connectivity index is 1.95. The van der Waals surface area contributed by atoms with Gasteiger partial charge in [0.05, 0.1) is 11.7 Å². The average molecular weight is 405 g/mol. The average Bonchev–Trinajstić information content (AvgIpc) is 3.25. The first-order chi connectivity index (χ1) is 12.8. The van der Waals surface area contributed by atoms with Crippen LogP contribution in [0, 0.1) is 13.8 Å². The lowest BCUT2D eigenvalue weighted by molar-refractivity contribution is 0.0926. The van der Waals surface area contributed by atoms with Crippen molar-refractivity contribution in [1.82, 2.24) is 19.4 Å². The van der Waals surface area contributed by atoms with Gasteiger partial charge >= 0.3 is 5.69 Å². The van der Waals surface area contributed by atoms with Crippen molar-refractivity contribution in [2.45, 2.75) is 26.3 Å². The van der Waals surface area contributed by atoms with Gasteiger partial charge in [-0.1, -0.05) is 0 Å². The Morgan fingerprint density at radius 1 is 1.26 bits per heavy atom. The SMILES string of the molecule is Cc1nc([C@@H](Cc2ccsc2)NC(=O)c2cc(=O)n(C)c(=O)n2C)sc1C. The zero-order valence-electron chi connectivity index (χ0n) is 15.5. The van der Waals surface area contributed by atoms with E-state index < -0.39 is 17.2 Å². The van der Waals surface area contributed by atoms with Gasteiger partial charge in [0.15, 0.2) is 0 Å². The lowest BCUT2D eigenvalue weighted by atomic mass is 10.1. The summed E-state index contributed by atoms with van der Waals surface area (Å²) in [6.07, 6.45) is 0.584. The fraction of sp³-hybridized carbons (Fsp3) is 0.333. The highest BCUT2D eigenvalue weighted by atomic mass is 32.1. The minimum Gasteiger partial charge on any atom is -0.341 e. The van der Waals surface area contributed by atoms with E-state index >= 15 is 0 Å². The molecule has 9 heteroatoms. The van der Waals surface area contributed by atoms with Gasteiger partial charge in [0.1, 0.15) is 10.7 Å². The van der Waals surface area contributed by atoms with Gasteiger partial charge in [-0.05, 0) is 36.2 Å². The molecule has 0 bridgehead atoms. The number of carbonyl (C=O) groups excluding carboxylic acids is 1. The zero-order valence-corrected chi connectivity index (χ0v) is 17.1. The smallest absolute Gasteiger partial charge is 0.331 e. The molecule has 27 heavy (non-hydrogen) atoms. The van der Waals surface area contributed by atoms with Crippen molar-refractivity contribution < 1.29 is 4.79 Å². The Morgan fingerprint density at radius 2 is 2.00 bits per heavy atom. The van der Waals surface area contributed by atoms with E-state index in [-0.39, 0.29) is 11.7 Å². The highest BCUT2D eigenvalue weighted by Gasteiger charge is 2.22. The quantitative estimate of drug-likeness (QED) is 0.704. The van der Waals surface area contributed by atoms with Gasteiger partial charge in [-0.25, -0.2) is 9.78 Å². The summed E-state index contributed by atoms with van der Waals surface area (Å²) < 4.78 is 2.14. The van der Waals surface area contributed by atoms with Crippen LogP contribution >= 0.6 is 22.7 Å². The van der Waals surface area contributed by atoms with Crippen LogP contribution in [-0.4, -0.2) is 20.0 Å². The number of nitrogens with zero attached hydrogens (tertiary/aromatic N) is 3. The van der Waals surface area contributed by atoms with E-state index in [9.17, 15) is 14.4 Å². The highest BCUT2D eigenvalue weighted by molar-refractivity contribution is 7.11. The Kier molecular flexibility index (Phi) is 5.43. The lowest BCUT2D eigenvalue weighted by Gasteiger charge is -2.17. The van der Waals surface area contributed by atoms with Gasteiger partial charge < -0.3 is 5.32 Å². The van der Waals surface area contributed by atoms with E-state index in [1.54, 1.807) is 11.3 Å². The fourth-order valence-electron chi connectivity index (χ4n) is 2.67. The van der Waals surface area contributed by atoms with Crippen LogP contribution in [0.5, 0.6) is 0 Å². The normalized spacial score (nSPS) is 12.1. The molecule has 0 saturated heterocycles. The van der Waals surface area contributed by atoms with Crippen molar-refractivity contribution in [2.24, 2.45) is 14.1 Å². The van der Waals surface area contributed by atoms with Crippen molar-refractivity contribution in [1.29, 1.82) is 0 Å². The van der Waals surface area contributed by atoms with Crippen molar-refractivity contribution >= 4 is 28.6 Å². The van der Waals surface area contributed by atoms with Crippen LogP contribution in [0.25, 0.3) is 0 Å². The van der Waals surface area contributed by atoms with Crippen molar-refractivity contribution in [3.8, 4) is 0 Å². The second-order valence-corrected chi connectivity index (χ2v) is 8.34. The van der Waals surface area contributed by atoms with E-state index in [0.29, 0.717) is 6.42 Å². The zero-order chi connectivity index (χ0) is 19.7. The molecule has 0 unspecified atom stereocenters. The molecule has 1 N–H and O–H groups in total. The molecule has 0 spiro atoms. The third-order valence-corrected chi connectivity index (χ3v) is 6.35. The number of thiophene rings is 1. The Bertz CT molecular complexity index is 1070. The van der Waals surface area contributed by atoms with E-state index in [2.05, 4.69) is 10.3 Å². The summed E-state index contributed by atoms with van der Waals surface area (Å²) >= 11 is 3.13. The van der Waals surface area contributed by atoms with Crippen LogP contribution in [-0.2, 0) is 20.5 Å². The first-order valence-electron chi connectivity index (χ1n) is 8.31. The molecule has 3 heterocycles. The Hall–Kier alpha value is -2.52. The minimum atomic E-state index is -0.539. The maximum Gasteiger partial charge on any atom is 0.331 e. The van der Waals surface area contributed by atoms with Gasteiger partial charge in [0.2, 0.25) is 0 Å². The van der Waals surface area contributed by atoms with Crippen LogP contribution in [0.2, 0.25) is 0 Å². The molecule has 0 aliphatic heterocycles. The highest BCUT2D eigenvalue weighted by Crippen LogP contribution is 2.26. The van der Waals surface area contributed by atoms with Crippen LogP contribution in [0.15, 0.2) is 32.5 Å². The van der Waals surface area contributed by atoms with Gasteiger partial charge in [-0.2, -0.15) is 11.3 Å². The van der Waals surface area contributed by atoms with Crippen LogP contribution < -0.4 is 16.6 Å². The monoisotopic (exact) mass is 404 g/mol. The Morgan fingerprint density at radius 3 is 2.59 bits per heavy atom. The molecule has 0 aromatic carbocycles. The van der Waals surface area contributed by atoms with Crippen molar-refractivity contribution in [2.75, 3.05) is 0 Å². The van der Waals surface area contributed by atoms with Crippen LogP contribution in [0.3, 0.4) is 0 Å². The van der Waals surface area contributed by atoms with Gasteiger partial charge in [0.25, 0.3) is 11.5 Å². The predicted octanol–water partition coefficient (Wildman–Crippen LogP) is 1.93. The number of amides is 1. The second-order valence-electron chi connectivity index (χ2n) is 6.32. The largest absolute Gasteiger partial charge is 0.341 e. The molecule has 0 fully saturated rings. The van der Waals surface area contributed by atoms with E-state index in [4.69, 9.17) is 0 Å². The molecule has 0 aliphatic carbocycles. The van der Waals surface area contributed by atoms with E-state index in [1.807, 2.05) is 30.7 Å². The third kappa shape index (κ3) is 3.93. The number of carbonyl (C=O) groups is 1. The molecular weight excluding hydrogens is 384 g/mol. The van der Waals surface area contributed by atoms with E-state index in [1.165, 1.54) is 36.1 Å². The first kappa shape index (κ1) is 19.2. The van der Waals surface area contributed by atoms with Crippen molar-refractivity contribution in [3.63, 3.8) is 0 Å². The number of rotatable bonds is 5. The first-order valence-corrected chi connectivity index (χ1v) is 10.1. The number of hydrogen-bond acceptors (Lipinski definition) is 6. The molecule has 0 radical (unpaired) electrons. The summed E-state index contributed by atoms with van der Waals surface area (Å²) in [4.78, 5) is 42.6. The van der Waals surface area contributed by atoms with E-state index in [0.717, 1.165) is 25.7 Å². The summed E-state index contributed by atoms with van der Waals surface area (Å²) in [5.41, 5.74) is 0.999. The molecule has 3 aromatic rings. The number of nitrogens with one attached hydrogen (secondary N) is 1. The molecule has 0 aliphatic rings. The lowest BCUT2D eigenvalue weighted by Crippen LogP contribution is -2.42. The second kappa shape index (κ2) is 7.61. The maximum absolute atomic E-state index is 12.8. The molecule has 1 atom stereocenters. The fourth-order valence-corrected chi connectivity index (χ4v) is 4.33. The standard InChI is InChI=1S/C18H20N4O3S2/c1-10-11(2)27-17(19-10)13(7-12-5-6-26-9-12)20-16(24)14-8-15(23)22(4)18(25)21(14)3/h5-6,8-9,13H,7H2,1-4H3,(H,20,24)/t13-/m1/s1. The molecule has 3 aromatic heterocycles. The van der Waals surface area contributed by atoms with Gasteiger partial charge in [0, 0.05) is 31.5 Å². The topological polar surface area (TPSA) is 86.0 Å². The maximum atomic E-state index is 12.8. The number of thiazole rings is 1. The number of hydrogen-bond donors (Lipinski definition) is 1. The molecule has 0 saturated carbocycles. The molecular formula is C18H20N4O3S2. The number of aromatic nitrogens is 3.